The highest BCUT2D eigenvalue weighted by molar-refractivity contribution is 5.65. The van der Waals surface area contributed by atoms with Crippen LogP contribution in [0.1, 0.15) is 36.5 Å². The fraction of sp³-hybridized carbons (Fsp3) is 0.478. The molecule has 0 radical (unpaired) electrons. The smallest absolute Gasteiger partial charge is 0.118 e. The number of ether oxygens (including phenoxy) is 1. The van der Waals surface area contributed by atoms with Crippen molar-refractivity contribution in [1.29, 1.82) is 0 Å². The molecule has 1 saturated heterocycles. The summed E-state index contributed by atoms with van der Waals surface area (Å²) in [5.41, 5.74) is 6.03. The van der Waals surface area contributed by atoms with Gasteiger partial charge in [0, 0.05) is 37.3 Å². The molecule has 0 unspecified atom stereocenters. The number of benzene rings is 2. The van der Waals surface area contributed by atoms with Crippen LogP contribution < -0.4 is 9.64 Å². The SMILES string of the molecule is CCCCN1CC2(C1)CN(Cc1ccc(OC)cc1)c1cc(C)ccc12. The highest BCUT2D eigenvalue weighted by atomic mass is 16.5. The summed E-state index contributed by atoms with van der Waals surface area (Å²) in [5.74, 6) is 0.924. The van der Waals surface area contributed by atoms with Crippen LogP contribution in [0.25, 0.3) is 0 Å². The number of hydrogen-bond acceptors (Lipinski definition) is 3. The van der Waals surface area contributed by atoms with Crippen molar-refractivity contribution in [2.75, 3.05) is 38.2 Å². The molecule has 2 aliphatic rings. The lowest BCUT2D eigenvalue weighted by atomic mass is 9.75. The largest absolute Gasteiger partial charge is 0.497 e. The van der Waals surface area contributed by atoms with Gasteiger partial charge in [0.15, 0.2) is 0 Å². The van der Waals surface area contributed by atoms with Gasteiger partial charge in [0.05, 0.1) is 7.11 Å². The molecule has 138 valence electrons. The number of unbranched alkanes of at least 4 members (excludes halogenated alkanes) is 1. The van der Waals surface area contributed by atoms with Gasteiger partial charge in [0.2, 0.25) is 0 Å². The Morgan fingerprint density at radius 2 is 1.81 bits per heavy atom. The Bertz CT molecular complexity index is 762. The second-order valence-corrected chi connectivity index (χ2v) is 8.07. The summed E-state index contributed by atoms with van der Waals surface area (Å²) in [6.45, 7) is 10.3. The molecule has 2 heterocycles. The van der Waals surface area contributed by atoms with Crippen LogP contribution in [0.2, 0.25) is 0 Å². The lowest BCUT2D eigenvalue weighted by Gasteiger charge is -2.48. The number of rotatable bonds is 6. The molecule has 3 nitrogen and oxygen atoms in total. The number of fused-ring (bicyclic) bond motifs is 2. The van der Waals surface area contributed by atoms with E-state index in [1.54, 1.807) is 12.7 Å². The first-order valence-electron chi connectivity index (χ1n) is 9.85. The predicted molar refractivity (Wildman–Crippen MR) is 108 cm³/mol. The Morgan fingerprint density at radius 3 is 2.50 bits per heavy atom. The van der Waals surface area contributed by atoms with Crippen LogP contribution in [0.4, 0.5) is 5.69 Å². The Balaban J connectivity index is 1.54. The minimum atomic E-state index is 0.337. The number of likely N-dealkylation sites (tertiary alicyclic amines) is 1. The average molecular weight is 351 g/mol. The van der Waals surface area contributed by atoms with E-state index in [1.165, 1.54) is 49.3 Å². The first-order chi connectivity index (χ1) is 12.6. The van der Waals surface area contributed by atoms with E-state index in [1.807, 2.05) is 0 Å². The molecule has 0 aromatic heterocycles. The Morgan fingerprint density at radius 1 is 1.04 bits per heavy atom. The zero-order valence-corrected chi connectivity index (χ0v) is 16.3. The van der Waals surface area contributed by atoms with E-state index in [0.29, 0.717) is 5.41 Å². The zero-order valence-electron chi connectivity index (χ0n) is 16.3. The van der Waals surface area contributed by atoms with E-state index in [9.17, 15) is 0 Å². The van der Waals surface area contributed by atoms with Gasteiger partial charge in [-0.15, -0.1) is 0 Å². The summed E-state index contributed by atoms with van der Waals surface area (Å²) in [6.07, 6.45) is 2.59. The molecule has 1 spiro atoms. The summed E-state index contributed by atoms with van der Waals surface area (Å²) in [4.78, 5) is 5.21. The molecular weight excluding hydrogens is 320 g/mol. The summed E-state index contributed by atoms with van der Waals surface area (Å²) in [5, 5.41) is 0. The number of anilines is 1. The van der Waals surface area contributed by atoms with Crippen molar-refractivity contribution in [1.82, 2.24) is 4.90 Å². The molecular formula is C23H30N2O. The first kappa shape index (κ1) is 17.4. The van der Waals surface area contributed by atoms with Gasteiger partial charge in [-0.25, -0.2) is 0 Å². The third-order valence-corrected chi connectivity index (χ3v) is 5.97. The number of hydrogen-bond donors (Lipinski definition) is 0. The van der Waals surface area contributed by atoms with Gasteiger partial charge in [-0.3, -0.25) is 0 Å². The van der Waals surface area contributed by atoms with E-state index in [4.69, 9.17) is 4.74 Å². The van der Waals surface area contributed by atoms with Crippen molar-refractivity contribution in [3.8, 4) is 5.75 Å². The fourth-order valence-electron chi connectivity index (χ4n) is 4.60. The Kier molecular flexibility index (Phi) is 4.66. The molecule has 4 rings (SSSR count). The maximum absolute atomic E-state index is 5.30. The quantitative estimate of drug-likeness (QED) is 0.769. The molecule has 0 saturated carbocycles. The molecule has 0 N–H and O–H groups in total. The van der Waals surface area contributed by atoms with E-state index >= 15 is 0 Å². The number of methoxy groups -OCH3 is 1. The highest BCUT2D eigenvalue weighted by Crippen LogP contribution is 2.47. The van der Waals surface area contributed by atoms with Crippen molar-refractivity contribution >= 4 is 5.69 Å². The summed E-state index contributed by atoms with van der Waals surface area (Å²) < 4.78 is 5.30. The molecule has 0 bridgehead atoms. The molecule has 2 aromatic carbocycles. The maximum atomic E-state index is 5.30. The van der Waals surface area contributed by atoms with Crippen molar-refractivity contribution in [2.24, 2.45) is 0 Å². The second-order valence-electron chi connectivity index (χ2n) is 8.07. The van der Waals surface area contributed by atoms with E-state index in [-0.39, 0.29) is 0 Å². The summed E-state index contributed by atoms with van der Waals surface area (Å²) >= 11 is 0. The molecule has 26 heavy (non-hydrogen) atoms. The van der Waals surface area contributed by atoms with Crippen molar-refractivity contribution in [2.45, 2.75) is 38.6 Å². The molecule has 3 heteroatoms. The highest BCUT2D eigenvalue weighted by Gasteiger charge is 2.50. The first-order valence-corrected chi connectivity index (χ1v) is 9.85. The predicted octanol–water partition coefficient (Wildman–Crippen LogP) is 4.38. The molecule has 2 aliphatic heterocycles. The fourth-order valence-corrected chi connectivity index (χ4v) is 4.60. The van der Waals surface area contributed by atoms with Gasteiger partial charge in [-0.1, -0.05) is 37.6 Å². The minimum absolute atomic E-state index is 0.337. The summed E-state index contributed by atoms with van der Waals surface area (Å²) in [6, 6.07) is 15.5. The van der Waals surface area contributed by atoms with Crippen LogP contribution >= 0.6 is 0 Å². The zero-order chi connectivity index (χ0) is 18.1. The lowest BCUT2D eigenvalue weighted by molar-refractivity contribution is 0.0742. The molecule has 0 atom stereocenters. The van der Waals surface area contributed by atoms with Gasteiger partial charge in [0.25, 0.3) is 0 Å². The summed E-state index contributed by atoms with van der Waals surface area (Å²) in [7, 11) is 1.72. The van der Waals surface area contributed by atoms with E-state index in [2.05, 4.69) is 66.1 Å². The van der Waals surface area contributed by atoms with Crippen LogP contribution in [-0.2, 0) is 12.0 Å². The second kappa shape index (κ2) is 6.96. The minimum Gasteiger partial charge on any atom is -0.497 e. The van der Waals surface area contributed by atoms with Gasteiger partial charge < -0.3 is 14.5 Å². The van der Waals surface area contributed by atoms with Gasteiger partial charge in [0.1, 0.15) is 5.75 Å². The van der Waals surface area contributed by atoms with Crippen molar-refractivity contribution in [3.63, 3.8) is 0 Å². The lowest BCUT2D eigenvalue weighted by Crippen LogP contribution is -2.61. The normalized spacial score (nSPS) is 18.0. The van der Waals surface area contributed by atoms with Gasteiger partial charge >= 0.3 is 0 Å². The van der Waals surface area contributed by atoms with Crippen molar-refractivity contribution in [3.05, 3.63) is 59.2 Å². The van der Waals surface area contributed by atoms with Crippen LogP contribution in [0.15, 0.2) is 42.5 Å². The molecule has 2 aromatic rings. The number of nitrogens with zero attached hydrogens (tertiary/aromatic N) is 2. The molecule has 0 amide bonds. The monoisotopic (exact) mass is 350 g/mol. The van der Waals surface area contributed by atoms with Gasteiger partial charge in [-0.2, -0.15) is 0 Å². The third-order valence-electron chi connectivity index (χ3n) is 5.97. The molecule has 0 aliphatic carbocycles. The van der Waals surface area contributed by atoms with Crippen LogP contribution in [0.3, 0.4) is 0 Å². The van der Waals surface area contributed by atoms with E-state index in [0.717, 1.165) is 18.8 Å². The van der Waals surface area contributed by atoms with Gasteiger partial charge in [-0.05, 0) is 54.8 Å². The van der Waals surface area contributed by atoms with Crippen LogP contribution in [0.5, 0.6) is 5.75 Å². The van der Waals surface area contributed by atoms with Crippen LogP contribution in [-0.4, -0.2) is 38.2 Å². The van der Waals surface area contributed by atoms with E-state index < -0.39 is 0 Å². The Hall–Kier alpha value is -2.00. The third kappa shape index (κ3) is 3.09. The average Bonchev–Trinajstić information content (AvgIpc) is 2.93. The maximum Gasteiger partial charge on any atom is 0.118 e. The van der Waals surface area contributed by atoms with Crippen molar-refractivity contribution < 1.29 is 4.74 Å². The molecule has 1 fully saturated rings. The topological polar surface area (TPSA) is 15.7 Å². The standard InChI is InChI=1S/C23H30N2O/c1-4-5-12-24-15-23(16-24)17-25(22-13-18(2)6-11-21(22)23)14-19-7-9-20(26-3)10-8-19/h6-11,13H,4-5,12,14-17H2,1-3H3. The Labute approximate surface area is 157 Å². The number of aryl methyl sites for hydroxylation is 1. The van der Waals surface area contributed by atoms with Crippen LogP contribution in [0, 0.1) is 6.92 Å².